The zero-order valence-corrected chi connectivity index (χ0v) is 17.4. The molecule has 0 saturated heterocycles. The first-order valence-electron chi connectivity index (χ1n) is 8.63. The predicted octanol–water partition coefficient (Wildman–Crippen LogP) is 2.27. The fourth-order valence-corrected chi connectivity index (χ4v) is 2.49. The van der Waals surface area contributed by atoms with Gasteiger partial charge in [0, 0.05) is 11.1 Å². The van der Waals surface area contributed by atoms with Gasteiger partial charge in [-0.05, 0) is 42.5 Å². The Hall–Kier alpha value is -3.10. The molecule has 0 aliphatic carbocycles. The number of benzene rings is 2. The first-order valence-corrected chi connectivity index (χ1v) is 9.38. The lowest BCUT2D eigenvalue weighted by Gasteiger charge is -2.08. The number of carbonyl (C=O) groups excluding carboxylic acids is 4. The van der Waals surface area contributed by atoms with Crippen LogP contribution in [0.2, 0.25) is 10.0 Å². The second-order valence-corrected chi connectivity index (χ2v) is 6.72. The third-order valence-electron chi connectivity index (χ3n) is 3.80. The van der Waals surface area contributed by atoms with Crippen molar-refractivity contribution >= 4 is 46.8 Å². The number of carbonyl (C=O) groups is 4. The molecule has 2 amide bonds. The largest absolute Gasteiger partial charge is 0.497 e. The number of rotatable bonds is 9. The summed E-state index contributed by atoms with van der Waals surface area (Å²) in [6.07, 6.45) is 0. The molecule has 0 unspecified atom stereocenters. The Bertz CT molecular complexity index is 947. The fourth-order valence-electron chi connectivity index (χ4n) is 2.19. The van der Waals surface area contributed by atoms with Gasteiger partial charge in [-0.25, -0.2) is 0 Å². The van der Waals surface area contributed by atoms with Crippen LogP contribution in [0, 0.1) is 0 Å². The minimum absolute atomic E-state index is 0.206. The first kappa shape index (κ1) is 23.2. The summed E-state index contributed by atoms with van der Waals surface area (Å²) in [5.41, 5.74) is 0.589. The highest BCUT2D eigenvalue weighted by molar-refractivity contribution is 6.42. The van der Waals surface area contributed by atoms with Gasteiger partial charge in [-0.1, -0.05) is 23.2 Å². The molecule has 0 aliphatic rings. The number of ketones is 1. The number of halogens is 2. The summed E-state index contributed by atoms with van der Waals surface area (Å²) in [6.45, 7) is -1.30. The molecule has 0 aromatic heterocycles. The van der Waals surface area contributed by atoms with Crippen LogP contribution in [0.4, 0.5) is 0 Å². The zero-order valence-electron chi connectivity index (χ0n) is 15.9. The Morgan fingerprint density at radius 2 is 1.53 bits per heavy atom. The molecule has 158 valence electrons. The normalized spacial score (nSPS) is 10.1. The number of Topliss-reactive ketones (excluding diaryl/α,β-unsaturated/α-hetero) is 1. The lowest BCUT2D eigenvalue weighted by Crippen LogP contribution is -2.39. The van der Waals surface area contributed by atoms with Gasteiger partial charge in [-0.3, -0.25) is 19.2 Å². The number of esters is 1. The number of hydrogen-bond donors (Lipinski definition) is 2. The molecule has 0 spiro atoms. The third kappa shape index (κ3) is 7.06. The highest BCUT2D eigenvalue weighted by atomic mass is 35.5. The number of methoxy groups -OCH3 is 1. The zero-order chi connectivity index (χ0) is 22.1. The van der Waals surface area contributed by atoms with E-state index < -0.39 is 36.7 Å². The molecule has 2 N–H and O–H groups in total. The third-order valence-corrected chi connectivity index (χ3v) is 4.54. The van der Waals surface area contributed by atoms with Crippen molar-refractivity contribution in [2.24, 2.45) is 0 Å². The molecule has 2 aromatic carbocycles. The van der Waals surface area contributed by atoms with Crippen LogP contribution < -0.4 is 15.4 Å². The molecule has 30 heavy (non-hydrogen) atoms. The van der Waals surface area contributed by atoms with Crippen molar-refractivity contribution < 1.29 is 28.7 Å². The van der Waals surface area contributed by atoms with E-state index in [1.165, 1.54) is 25.3 Å². The minimum Gasteiger partial charge on any atom is -0.497 e. The maximum absolute atomic E-state index is 12.0. The van der Waals surface area contributed by atoms with Crippen LogP contribution in [0.15, 0.2) is 42.5 Å². The molecular weight excluding hydrogens is 435 g/mol. The van der Waals surface area contributed by atoms with Gasteiger partial charge in [0.1, 0.15) is 12.3 Å². The SMILES string of the molecule is COc1ccc(C(=O)NCC(=O)NCC(=O)OCC(=O)c2ccc(Cl)c(Cl)c2)cc1. The van der Waals surface area contributed by atoms with Crippen molar-refractivity contribution in [2.75, 3.05) is 26.8 Å². The van der Waals surface area contributed by atoms with E-state index in [0.29, 0.717) is 16.3 Å². The average Bonchev–Trinajstić information content (AvgIpc) is 2.76. The molecule has 0 aliphatic heterocycles. The van der Waals surface area contributed by atoms with Crippen molar-refractivity contribution in [1.29, 1.82) is 0 Å². The molecule has 0 heterocycles. The van der Waals surface area contributed by atoms with Crippen LogP contribution >= 0.6 is 23.2 Å². The molecule has 2 rings (SSSR count). The van der Waals surface area contributed by atoms with Gasteiger partial charge >= 0.3 is 5.97 Å². The number of nitrogens with one attached hydrogen (secondary N) is 2. The van der Waals surface area contributed by atoms with E-state index in [4.69, 9.17) is 32.7 Å². The van der Waals surface area contributed by atoms with E-state index in [1.807, 2.05) is 0 Å². The Labute approximate surface area is 182 Å². The van der Waals surface area contributed by atoms with E-state index >= 15 is 0 Å². The predicted molar refractivity (Wildman–Crippen MR) is 110 cm³/mol. The maximum atomic E-state index is 12.0. The summed E-state index contributed by atoms with van der Waals surface area (Å²) >= 11 is 11.6. The summed E-state index contributed by atoms with van der Waals surface area (Å²) in [5.74, 6) is -1.73. The minimum atomic E-state index is -0.807. The highest BCUT2D eigenvalue weighted by Gasteiger charge is 2.13. The quantitative estimate of drug-likeness (QED) is 0.445. The van der Waals surface area contributed by atoms with Crippen molar-refractivity contribution in [1.82, 2.24) is 10.6 Å². The van der Waals surface area contributed by atoms with Crippen molar-refractivity contribution in [3.8, 4) is 5.75 Å². The lowest BCUT2D eigenvalue weighted by molar-refractivity contribution is -0.142. The van der Waals surface area contributed by atoms with Gasteiger partial charge in [0.05, 0.1) is 23.7 Å². The van der Waals surface area contributed by atoms with E-state index in [1.54, 1.807) is 24.3 Å². The summed E-state index contributed by atoms with van der Waals surface area (Å²) < 4.78 is 9.82. The fraction of sp³-hybridized carbons (Fsp3) is 0.200. The summed E-state index contributed by atoms with van der Waals surface area (Å²) in [5, 5.41) is 5.21. The Kier molecular flexibility index (Phi) is 8.64. The van der Waals surface area contributed by atoms with Crippen LogP contribution in [0.25, 0.3) is 0 Å². The molecule has 0 atom stereocenters. The molecule has 0 radical (unpaired) electrons. The van der Waals surface area contributed by atoms with Gasteiger partial charge in [0.25, 0.3) is 5.91 Å². The molecule has 2 aromatic rings. The highest BCUT2D eigenvalue weighted by Crippen LogP contribution is 2.22. The number of ether oxygens (including phenoxy) is 2. The summed E-state index contributed by atoms with van der Waals surface area (Å²) in [4.78, 5) is 47.4. The van der Waals surface area contributed by atoms with E-state index in [0.717, 1.165) is 0 Å². The lowest BCUT2D eigenvalue weighted by atomic mass is 10.1. The number of hydrogen-bond acceptors (Lipinski definition) is 6. The van der Waals surface area contributed by atoms with Crippen molar-refractivity contribution in [3.63, 3.8) is 0 Å². The van der Waals surface area contributed by atoms with Gasteiger partial charge in [-0.15, -0.1) is 0 Å². The van der Waals surface area contributed by atoms with Crippen LogP contribution in [0.3, 0.4) is 0 Å². The summed E-state index contributed by atoms with van der Waals surface area (Å²) in [6, 6.07) is 10.6. The molecule has 0 fully saturated rings. The molecular formula is C20H18Cl2N2O6. The monoisotopic (exact) mass is 452 g/mol. The number of amides is 2. The second-order valence-electron chi connectivity index (χ2n) is 5.90. The second kappa shape index (κ2) is 11.2. The van der Waals surface area contributed by atoms with E-state index in [2.05, 4.69) is 10.6 Å². The molecule has 8 nitrogen and oxygen atoms in total. The van der Waals surface area contributed by atoms with Crippen LogP contribution in [0.1, 0.15) is 20.7 Å². The Balaban J connectivity index is 1.69. The van der Waals surface area contributed by atoms with E-state index in [-0.39, 0.29) is 17.1 Å². The Morgan fingerprint density at radius 1 is 0.867 bits per heavy atom. The van der Waals surface area contributed by atoms with Gasteiger partial charge in [-0.2, -0.15) is 0 Å². The maximum Gasteiger partial charge on any atom is 0.325 e. The average molecular weight is 453 g/mol. The standard InChI is InChI=1S/C20H18Cl2N2O6/c1-29-14-5-2-12(3-6-14)20(28)24-9-18(26)23-10-19(27)30-11-17(25)13-4-7-15(21)16(22)8-13/h2-8H,9-11H2,1H3,(H,23,26)(H,24,28). The van der Waals surface area contributed by atoms with Crippen LogP contribution in [-0.4, -0.2) is 50.4 Å². The molecule has 0 bridgehead atoms. The summed E-state index contributed by atoms with van der Waals surface area (Å²) in [7, 11) is 1.51. The topological polar surface area (TPSA) is 111 Å². The van der Waals surface area contributed by atoms with Crippen molar-refractivity contribution in [2.45, 2.75) is 0 Å². The van der Waals surface area contributed by atoms with Crippen molar-refractivity contribution in [3.05, 3.63) is 63.6 Å². The van der Waals surface area contributed by atoms with Gasteiger partial charge < -0.3 is 20.1 Å². The first-order chi connectivity index (χ1) is 14.3. The Morgan fingerprint density at radius 3 is 2.17 bits per heavy atom. The van der Waals surface area contributed by atoms with E-state index in [9.17, 15) is 19.2 Å². The van der Waals surface area contributed by atoms with Crippen LogP contribution in [-0.2, 0) is 14.3 Å². The molecule has 0 saturated carbocycles. The molecule has 10 heteroatoms. The smallest absolute Gasteiger partial charge is 0.325 e. The van der Waals surface area contributed by atoms with Gasteiger partial charge in [0.15, 0.2) is 12.4 Å². The van der Waals surface area contributed by atoms with Gasteiger partial charge in [0.2, 0.25) is 5.91 Å². The van der Waals surface area contributed by atoms with Crippen LogP contribution in [0.5, 0.6) is 5.75 Å².